The molecule has 3 rings (SSSR count). The Morgan fingerprint density at radius 3 is 1.94 bits per heavy atom. The molecule has 9 nitrogen and oxygen atoms in total. The first kappa shape index (κ1) is 27.1. The normalized spacial score (nSPS) is 11.1. The molecule has 35 heavy (non-hydrogen) atoms. The molecule has 0 aliphatic rings. The van der Waals surface area contributed by atoms with Crippen LogP contribution in [0.3, 0.4) is 0 Å². The minimum atomic E-state index is -3.67. The number of benzene rings is 3. The maximum Gasteiger partial charge on any atom is 0.267 e. The minimum Gasteiger partial charge on any atom is -0.339 e. The van der Waals surface area contributed by atoms with Crippen molar-refractivity contribution in [2.75, 3.05) is 11.3 Å². The highest BCUT2D eigenvalue weighted by Crippen LogP contribution is 2.16. The molecule has 0 fully saturated rings. The van der Waals surface area contributed by atoms with E-state index >= 15 is 0 Å². The van der Waals surface area contributed by atoms with Gasteiger partial charge in [0.25, 0.3) is 21.8 Å². The number of carbonyl (C=O) groups excluding carboxylic acids is 2. The van der Waals surface area contributed by atoms with Gasteiger partial charge in [-0.25, -0.2) is 13.9 Å². The number of rotatable bonds is 7. The van der Waals surface area contributed by atoms with Crippen LogP contribution in [0.15, 0.2) is 83.8 Å². The highest BCUT2D eigenvalue weighted by Gasteiger charge is 2.19. The van der Waals surface area contributed by atoms with Gasteiger partial charge >= 0.3 is 0 Å². The Morgan fingerprint density at radius 1 is 0.886 bits per heavy atom. The van der Waals surface area contributed by atoms with Crippen LogP contribution < -0.4 is 21.3 Å². The van der Waals surface area contributed by atoms with Gasteiger partial charge < -0.3 is 11.1 Å². The van der Waals surface area contributed by atoms with Crippen LogP contribution in [0.25, 0.3) is 0 Å². The second kappa shape index (κ2) is 12.3. The molecule has 0 aliphatic carbocycles. The van der Waals surface area contributed by atoms with Crippen molar-refractivity contribution in [2.24, 2.45) is 5.73 Å². The Morgan fingerprint density at radius 2 is 1.43 bits per heavy atom. The van der Waals surface area contributed by atoms with Gasteiger partial charge in [-0.05, 0) is 60.7 Å². The molecule has 0 spiro atoms. The molecule has 0 aromatic heterocycles. The van der Waals surface area contributed by atoms with Crippen molar-refractivity contribution in [3.8, 4) is 11.8 Å². The third kappa shape index (κ3) is 7.41. The molecule has 182 valence electrons. The zero-order valence-electron chi connectivity index (χ0n) is 17.9. The monoisotopic (exact) mass is 494 g/mol. The van der Waals surface area contributed by atoms with Gasteiger partial charge in [0.05, 0.1) is 4.90 Å². The van der Waals surface area contributed by atoms with Crippen molar-refractivity contribution >= 4 is 27.5 Å². The van der Waals surface area contributed by atoms with Crippen LogP contribution in [0.2, 0.25) is 0 Å². The molecule has 6 N–H and O–H groups in total. The first-order valence-electron chi connectivity index (χ1n) is 10.1. The summed E-state index contributed by atoms with van der Waals surface area (Å²) in [5, 5.41) is 11.1. The summed E-state index contributed by atoms with van der Waals surface area (Å²) in [5.41, 5.74) is 8.90. The van der Waals surface area contributed by atoms with Crippen LogP contribution in [0.1, 0.15) is 28.9 Å². The Labute approximate surface area is 204 Å². The van der Waals surface area contributed by atoms with Gasteiger partial charge in [0.15, 0.2) is 0 Å². The zero-order chi connectivity index (χ0) is 24.6. The van der Waals surface area contributed by atoms with Gasteiger partial charge in [0.1, 0.15) is 6.04 Å². The molecule has 2 amide bonds. The van der Waals surface area contributed by atoms with Crippen LogP contribution in [-0.4, -0.2) is 38.0 Å². The quantitative estimate of drug-likeness (QED) is 0.193. The molecule has 0 saturated heterocycles. The average molecular weight is 495 g/mol. The van der Waals surface area contributed by atoms with Crippen LogP contribution >= 0.6 is 0 Å². The van der Waals surface area contributed by atoms with E-state index in [9.17, 15) is 18.0 Å². The SMILES string of the molecule is C.NC[C@H](NC(=O)c1ccc(C#Cc2ccc(NS(=O)(=O)c3ccccc3)cc2)cc1)C(=O)NO. The number of sulfonamides is 1. The van der Waals surface area contributed by atoms with Crippen molar-refractivity contribution in [2.45, 2.75) is 18.4 Å². The summed E-state index contributed by atoms with van der Waals surface area (Å²) in [6.45, 7) is -0.172. The van der Waals surface area contributed by atoms with Crippen LogP contribution in [-0.2, 0) is 14.8 Å². The fourth-order valence-electron chi connectivity index (χ4n) is 2.84. The van der Waals surface area contributed by atoms with Crippen LogP contribution in [0.4, 0.5) is 5.69 Å². The minimum absolute atomic E-state index is 0. The van der Waals surface area contributed by atoms with E-state index < -0.39 is 27.9 Å². The molecule has 0 radical (unpaired) electrons. The van der Waals surface area contributed by atoms with E-state index in [0.717, 1.165) is 0 Å². The lowest BCUT2D eigenvalue weighted by molar-refractivity contribution is -0.130. The summed E-state index contributed by atoms with van der Waals surface area (Å²) in [5.74, 6) is 4.60. The van der Waals surface area contributed by atoms with Crippen LogP contribution in [0, 0.1) is 11.8 Å². The van der Waals surface area contributed by atoms with E-state index in [1.807, 2.05) is 0 Å². The van der Waals surface area contributed by atoms with Gasteiger partial charge in [-0.2, -0.15) is 0 Å². The van der Waals surface area contributed by atoms with Crippen molar-refractivity contribution in [1.29, 1.82) is 0 Å². The molecule has 0 unspecified atom stereocenters. The van der Waals surface area contributed by atoms with Crippen molar-refractivity contribution in [3.05, 3.63) is 95.6 Å². The molecular formula is C25H26N4O5S. The number of hydrogen-bond donors (Lipinski definition) is 5. The number of hydroxylamine groups is 1. The number of anilines is 1. The average Bonchev–Trinajstić information content (AvgIpc) is 2.87. The Bertz CT molecular complexity index is 1310. The molecule has 0 heterocycles. The second-order valence-electron chi connectivity index (χ2n) is 7.06. The molecule has 0 bridgehead atoms. The maximum absolute atomic E-state index is 12.4. The molecule has 1 atom stereocenters. The summed E-state index contributed by atoms with van der Waals surface area (Å²) < 4.78 is 27.3. The number of carbonyl (C=O) groups is 2. The predicted octanol–water partition coefficient (Wildman–Crippen LogP) is 2.09. The fraction of sp³-hybridized carbons (Fsp3) is 0.120. The molecule has 10 heteroatoms. The zero-order valence-corrected chi connectivity index (χ0v) is 18.7. The third-order valence-corrected chi connectivity index (χ3v) is 6.05. The van der Waals surface area contributed by atoms with Gasteiger partial charge in [0, 0.05) is 28.9 Å². The van der Waals surface area contributed by atoms with E-state index in [-0.39, 0.29) is 18.9 Å². The van der Waals surface area contributed by atoms with Gasteiger partial charge in [-0.3, -0.25) is 19.5 Å². The Kier molecular flexibility index (Phi) is 9.54. The summed E-state index contributed by atoms with van der Waals surface area (Å²) in [6.07, 6.45) is 0. The molecular weight excluding hydrogens is 468 g/mol. The van der Waals surface area contributed by atoms with E-state index in [0.29, 0.717) is 22.4 Å². The molecule has 0 aliphatic heterocycles. The van der Waals surface area contributed by atoms with E-state index in [4.69, 9.17) is 10.9 Å². The summed E-state index contributed by atoms with van der Waals surface area (Å²) in [7, 11) is -3.67. The van der Waals surface area contributed by atoms with Crippen molar-refractivity contribution in [3.63, 3.8) is 0 Å². The second-order valence-corrected chi connectivity index (χ2v) is 8.74. The van der Waals surface area contributed by atoms with Crippen molar-refractivity contribution < 1.29 is 23.2 Å². The highest BCUT2D eigenvalue weighted by molar-refractivity contribution is 7.92. The number of nitrogens with one attached hydrogen (secondary N) is 3. The lowest BCUT2D eigenvalue weighted by atomic mass is 10.1. The number of hydrogen-bond acceptors (Lipinski definition) is 6. The predicted molar refractivity (Wildman–Crippen MR) is 133 cm³/mol. The first-order valence-corrected chi connectivity index (χ1v) is 11.6. The molecule has 3 aromatic rings. The Balaban J connectivity index is 0.00000432. The number of nitrogens with two attached hydrogens (primary N) is 1. The smallest absolute Gasteiger partial charge is 0.267 e. The fourth-order valence-corrected chi connectivity index (χ4v) is 3.92. The lowest BCUT2D eigenvalue weighted by Crippen LogP contribution is -2.50. The standard InChI is InChI=1S/C24H22N4O5S.CH4/c25-16-22(24(30)27-31)26-23(29)19-12-8-17(9-13-19)6-7-18-10-14-20(15-11-18)28-34(32,33)21-4-2-1-3-5-21;/h1-5,8-15,22,28,31H,16,25H2,(H,26,29)(H,27,30);1H4/t22-;/m0./s1. The summed E-state index contributed by atoms with van der Waals surface area (Å²) in [6, 6.07) is 20.0. The van der Waals surface area contributed by atoms with Crippen LogP contribution in [0.5, 0.6) is 0 Å². The third-order valence-electron chi connectivity index (χ3n) is 4.66. The van der Waals surface area contributed by atoms with E-state index in [1.54, 1.807) is 66.7 Å². The van der Waals surface area contributed by atoms with Crippen molar-refractivity contribution in [1.82, 2.24) is 10.8 Å². The summed E-state index contributed by atoms with van der Waals surface area (Å²) >= 11 is 0. The highest BCUT2D eigenvalue weighted by atomic mass is 32.2. The van der Waals surface area contributed by atoms with Gasteiger partial charge in [0.2, 0.25) is 0 Å². The van der Waals surface area contributed by atoms with Gasteiger partial charge in [-0.15, -0.1) is 0 Å². The van der Waals surface area contributed by atoms with Gasteiger partial charge in [-0.1, -0.05) is 37.5 Å². The van der Waals surface area contributed by atoms with E-state index in [1.165, 1.54) is 17.6 Å². The Hall–Kier alpha value is -4.17. The van der Waals surface area contributed by atoms with E-state index in [2.05, 4.69) is 21.9 Å². The first-order chi connectivity index (χ1) is 16.3. The lowest BCUT2D eigenvalue weighted by Gasteiger charge is -2.14. The largest absolute Gasteiger partial charge is 0.339 e. The maximum atomic E-state index is 12.4. The summed E-state index contributed by atoms with van der Waals surface area (Å²) in [4.78, 5) is 23.8. The number of amides is 2. The molecule has 3 aromatic carbocycles. The topological polar surface area (TPSA) is 151 Å². The molecule has 0 saturated carbocycles.